The molecule has 17 heavy (non-hydrogen) atoms. The Hall–Kier alpha value is -0.900. The number of hydrogen-bond donors (Lipinski definition) is 2. The molecular formula is C13H21N3S. The molecule has 1 unspecified atom stereocenters. The van der Waals surface area contributed by atoms with E-state index in [1.54, 1.807) is 0 Å². The van der Waals surface area contributed by atoms with E-state index in [0.29, 0.717) is 0 Å². The predicted molar refractivity (Wildman–Crippen MR) is 76.9 cm³/mol. The Kier molecular flexibility index (Phi) is 4.98. The van der Waals surface area contributed by atoms with E-state index in [2.05, 4.69) is 40.4 Å². The summed E-state index contributed by atoms with van der Waals surface area (Å²) in [5.74, 6) is 5.38. The Bertz CT molecular complexity index is 337. The summed E-state index contributed by atoms with van der Waals surface area (Å²) in [6.45, 7) is 4.19. The SMILES string of the molecule is CCCNc1cccc(NCC2CCSC2)n1. The molecule has 1 aliphatic rings. The Morgan fingerprint density at radius 2 is 2.18 bits per heavy atom. The molecule has 1 aliphatic heterocycles. The van der Waals surface area contributed by atoms with Crippen molar-refractivity contribution in [3.63, 3.8) is 0 Å². The topological polar surface area (TPSA) is 37.0 Å². The Morgan fingerprint density at radius 1 is 1.35 bits per heavy atom. The van der Waals surface area contributed by atoms with Crippen LogP contribution in [0.4, 0.5) is 11.6 Å². The number of aromatic nitrogens is 1. The second kappa shape index (κ2) is 6.74. The molecule has 0 saturated carbocycles. The second-order valence-corrected chi connectivity index (χ2v) is 5.60. The molecule has 1 atom stereocenters. The van der Waals surface area contributed by atoms with Gasteiger partial charge >= 0.3 is 0 Å². The lowest BCUT2D eigenvalue weighted by Crippen LogP contribution is -2.14. The van der Waals surface area contributed by atoms with E-state index in [9.17, 15) is 0 Å². The van der Waals surface area contributed by atoms with Gasteiger partial charge in [0, 0.05) is 13.1 Å². The van der Waals surface area contributed by atoms with Crippen LogP contribution >= 0.6 is 11.8 Å². The number of rotatable bonds is 6. The van der Waals surface area contributed by atoms with Gasteiger partial charge in [0.1, 0.15) is 11.6 Å². The molecule has 0 radical (unpaired) electrons. The summed E-state index contributed by atoms with van der Waals surface area (Å²) >= 11 is 2.06. The molecule has 3 nitrogen and oxygen atoms in total. The van der Waals surface area contributed by atoms with E-state index in [4.69, 9.17) is 0 Å². The van der Waals surface area contributed by atoms with Crippen molar-refractivity contribution in [1.82, 2.24) is 4.98 Å². The highest BCUT2D eigenvalue weighted by atomic mass is 32.2. The third kappa shape index (κ3) is 4.11. The summed E-state index contributed by atoms with van der Waals surface area (Å²) < 4.78 is 0. The molecular weight excluding hydrogens is 230 g/mol. The first-order valence-electron chi connectivity index (χ1n) is 6.41. The van der Waals surface area contributed by atoms with Gasteiger partial charge in [-0.2, -0.15) is 11.8 Å². The molecule has 2 N–H and O–H groups in total. The van der Waals surface area contributed by atoms with Gasteiger partial charge in [-0.15, -0.1) is 0 Å². The van der Waals surface area contributed by atoms with Crippen molar-refractivity contribution in [3.8, 4) is 0 Å². The summed E-state index contributed by atoms with van der Waals surface area (Å²) in [6.07, 6.45) is 2.46. The van der Waals surface area contributed by atoms with Gasteiger partial charge in [0.05, 0.1) is 0 Å². The Balaban J connectivity index is 1.82. The largest absolute Gasteiger partial charge is 0.370 e. The molecule has 94 valence electrons. The Morgan fingerprint density at radius 3 is 2.88 bits per heavy atom. The zero-order valence-corrected chi connectivity index (χ0v) is 11.2. The lowest BCUT2D eigenvalue weighted by Gasteiger charge is -2.11. The summed E-state index contributed by atoms with van der Waals surface area (Å²) in [5.41, 5.74) is 0. The first-order valence-corrected chi connectivity index (χ1v) is 7.56. The number of pyridine rings is 1. The molecule has 0 aliphatic carbocycles. The Labute approximate surface area is 108 Å². The van der Waals surface area contributed by atoms with E-state index < -0.39 is 0 Å². The fourth-order valence-electron chi connectivity index (χ4n) is 1.88. The maximum atomic E-state index is 4.54. The van der Waals surface area contributed by atoms with Gasteiger partial charge in [0.25, 0.3) is 0 Å². The molecule has 2 heterocycles. The highest BCUT2D eigenvalue weighted by molar-refractivity contribution is 7.99. The fraction of sp³-hybridized carbons (Fsp3) is 0.615. The minimum absolute atomic E-state index is 0.814. The number of hydrogen-bond acceptors (Lipinski definition) is 4. The van der Waals surface area contributed by atoms with Crippen LogP contribution in [0.1, 0.15) is 19.8 Å². The first kappa shape index (κ1) is 12.6. The lowest BCUT2D eigenvalue weighted by atomic mass is 10.1. The minimum atomic E-state index is 0.814. The predicted octanol–water partition coefficient (Wildman–Crippen LogP) is 3.07. The van der Waals surface area contributed by atoms with Gasteiger partial charge in [0.15, 0.2) is 0 Å². The molecule has 1 aromatic heterocycles. The van der Waals surface area contributed by atoms with E-state index in [1.807, 2.05) is 12.1 Å². The highest BCUT2D eigenvalue weighted by Gasteiger charge is 2.14. The molecule has 2 rings (SSSR count). The maximum Gasteiger partial charge on any atom is 0.128 e. The number of nitrogens with one attached hydrogen (secondary N) is 2. The molecule has 1 aromatic rings. The van der Waals surface area contributed by atoms with Crippen molar-refractivity contribution >= 4 is 23.4 Å². The van der Waals surface area contributed by atoms with Crippen molar-refractivity contribution in [2.75, 3.05) is 35.2 Å². The number of anilines is 2. The van der Waals surface area contributed by atoms with Gasteiger partial charge in [-0.25, -0.2) is 4.98 Å². The average Bonchev–Trinajstić information content (AvgIpc) is 2.87. The first-order chi connectivity index (χ1) is 8.38. The molecule has 4 heteroatoms. The molecule has 1 saturated heterocycles. The van der Waals surface area contributed by atoms with Crippen LogP contribution < -0.4 is 10.6 Å². The fourth-order valence-corrected chi connectivity index (χ4v) is 3.16. The monoisotopic (exact) mass is 251 g/mol. The van der Waals surface area contributed by atoms with Crippen LogP contribution in [0.15, 0.2) is 18.2 Å². The summed E-state index contributed by atoms with van der Waals surface area (Å²) in [6, 6.07) is 6.11. The van der Waals surface area contributed by atoms with Crippen LogP contribution in [0.3, 0.4) is 0 Å². The van der Waals surface area contributed by atoms with Crippen LogP contribution in [-0.2, 0) is 0 Å². The highest BCUT2D eigenvalue weighted by Crippen LogP contribution is 2.23. The number of thioether (sulfide) groups is 1. The van der Waals surface area contributed by atoms with Crippen LogP contribution in [0, 0.1) is 5.92 Å². The van der Waals surface area contributed by atoms with E-state index in [0.717, 1.165) is 37.1 Å². The normalized spacial score (nSPS) is 19.2. The molecule has 0 aromatic carbocycles. The summed E-state index contributed by atoms with van der Waals surface area (Å²) in [7, 11) is 0. The van der Waals surface area contributed by atoms with Gasteiger partial charge in [-0.1, -0.05) is 13.0 Å². The zero-order valence-electron chi connectivity index (χ0n) is 10.4. The second-order valence-electron chi connectivity index (χ2n) is 4.45. The molecule has 0 bridgehead atoms. The average molecular weight is 251 g/mol. The summed E-state index contributed by atoms with van der Waals surface area (Å²) in [4.78, 5) is 4.54. The maximum absolute atomic E-state index is 4.54. The molecule has 0 amide bonds. The third-order valence-corrected chi connectivity index (χ3v) is 4.13. The lowest BCUT2D eigenvalue weighted by molar-refractivity contribution is 0.630. The summed E-state index contributed by atoms with van der Waals surface area (Å²) in [5, 5.41) is 6.75. The van der Waals surface area contributed by atoms with Gasteiger partial charge in [0.2, 0.25) is 0 Å². The van der Waals surface area contributed by atoms with Crippen LogP contribution in [-0.4, -0.2) is 29.6 Å². The van der Waals surface area contributed by atoms with Crippen molar-refractivity contribution in [2.24, 2.45) is 5.92 Å². The van der Waals surface area contributed by atoms with Gasteiger partial charge < -0.3 is 10.6 Å². The van der Waals surface area contributed by atoms with Crippen LogP contribution in [0.25, 0.3) is 0 Å². The van der Waals surface area contributed by atoms with Crippen LogP contribution in [0.5, 0.6) is 0 Å². The van der Waals surface area contributed by atoms with Crippen molar-refractivity contribution in [3.05, 3.63) is 18.2 Å². The van der Waals surface area contributed by atoms with Crippen molar-refractivity contribution in [2.45, 2.75) is 19.8 Å². The zero-order chi connectivity index (χ0) is 11.9. The quantitative estimate of drug-likeness (QED) is 0.815. The molecule has 0 spiro atoms. The minimum Gasteiger partial charge on any atom is -0.370 e. The van der Waals surface area contributed by atoms with Gasteiger partial charge in [-0.3, -0.25) is 0 Å². The molecule has 1 fully saturated rings. The standard InChI is InChI=1S/C13H21N3S/c1-2-7-14-12-4-3-5-13(16-12)15-9-11-6-8-17-10-11/h3-5,11H,2,6-10H2,1H3,(H2,14,15,16). The number of nitrogens with zero attached hydrogens (tertiary/aromatic N) is 1. The smallest absolute Gasteiger partial charge is 0.128 e. The van der Waals surface area contributed by atoms with Crippen LogP contribution in [0.2, 0.25) is 0 Å². The third-order valence-electron chi connectivity index (χ3n) is 2.90. The van der Waals surface area contributed by atoms with E-state index >= 15 is 0 Å². The van der Waals surface area contributed by atoms with E-state index in [-0.39, 0.29) is 0 Å². The van der Waals surface area contributed by atoms with Gasteiger partial charge in [-0.05, 0) is 42.4 Å². The van der Waals surface area contributed by atoms with Crippen molar-refractivity contribution < 1.29 is 0 Å². The van der Waals surface area contributed by atoms with E-state index in [1.165, 1.54) is 17.9 Å². The van der Waals surface area contributed by atoms with Crippen molar-refractivity contribution in [1.29, 1.82) is 0 Å².